The van der Waals surface area contributed by atoms with Gasteiger partial charge in [0.2, 0.25) is 5.88 Å². The lowest BCUT2D eigenvalue weighted by Crippen LogP contribution is -2.39. The Hall–Kier alpha value is -2.40. The van der Waals surface area contributed by atoms with Crippen molar-refractivity contribution in [2.24, 2.45) is 0 Å². The Kier molecular flexibility index (Phi) is 6.61. The van der Waals surface area contributed by atoms with E-state index in [2.05, 4.69) is 45.5 Å². The molecule has 0 saturated carbocycles. The number of amides is 1. The van der Waals surface area contributed by atoms with Crippen LogP contribution in [-0.2, 0) is 0 Å². The molecule has 0 radical (unpaired) electrons. The summed E-state index contributed by atoms with van der Waals surface area (Å²) in [5.41, 5.74) is 1.85. The van der Waals surface area contributed by atoms with E-state index in [1.54, 1.807) is 18.2 Å². The molecule has 1 amide bonds. The highest BCUT2D eigenvalue weighted by atomic mass is 16.5. The molecule has 0 bridgehead atoms. The topological polar surface area (TPSA) is 54.5 Å². The fourth-order valence-electron chi connectivity index (χ4n) is 3.40. The molecule has 1 aliphatic heterocycles. The number of nitrogens with zero attached hydrogens (tertiary/aromatic N) is 2. The summed E-state index contributed by atoms with van der Waals surface area (Å²) in [6.45, 7) is 6.10. The minimum atomic E-state index is -0.147. The van der Waals surface area contributed by atoms with Gasteiger partial charge >= 0.3 is 0 Å². The zero-order valence-electron chi connectivity index (χ0n) is 15.4. The molecule has 0 atom stereocenters. The van der Waals surface area contributed by atoms with E-state index in [9.17, 15) is 4.79 Å². The SMILES string of the molecule is CCOc1cccc(C(=O)NCCN2CCC(c3ccccc3)CC2)n1. The number of rotatable bonds is 7. The smallest absolute Gasteiger partial charge is 0.270 e. The number of pyridine rings is 1. The van der Waals surface area contributed by atoms with Crippen LogP contribution in [0.2, 0.25) is 0 Å². The number of piperidine rings is 1. The van der Waals surface area contributed by atoms with Gasteiger partial charge in [-0.2, -0.15) is 0 Å². The van der Waals surface area contributed by atoms with Crippen molar-refractivity contribution in [1.29, 1.82) is 0 Å². The molecular formula is C21H27N3O2. The average Bonchev–Trinajstić information content (AvgIpc) is 2.70. The van der Waals surface area contributed by atoms with E-state index < -0.39 is 0 Å². The fourth-order valence-corrected chi connectivity index (χ4v) is 3.40. The Morgan fingerprint density at radius 3 is 2.65 bits per heavy atom. The normalized spacial score (nSPS) is 15.6. The number of carbonyl (C=O) groups is 1. The minimum Gasteiger partial charge on any atom is -0.478 e. The lowest BCUT2D eigenvalue weighted by atomic mass is 9.89. The quantitative estimate of drug-likeness (QED) is 0.831. The van der Waals surface area contributed by atoms with Gasteiger partial charge < -0.3 is 15.0 Å². The number of benzene rings is 1. The monoisotopic (exact) mass is 353 g/mol. The van der Waals surface area contributed by atoms with Crippen molar-refractivity contribution in [3.63, 3.8) is 0 Å². The summed E-state index contributed by atoms with van der Waals surface area (Å²) < 4.78 is 5.34. The van der Waals surface area contributed by atoms with Crippen LogP contribution in [0.5, 0.6) is 5.88 Å². The van der Waals surface area contributed by atoms with Gasteiger partial charge in [0.25, 0.3) is 5.91 Å². The number of hydrogen-bond acceptors (Lipinski definition) is 4. The van der Waals surface area contributed by atoms with Crippen LogP contribution < -0.4 is 10.1 Å². The average molecular weight is 353 g/mol. The Morgan fingerprint density at radius 1 is 1.15 bits per heavy atom. The minimum absolute atomic E-state index is 0.147. The zero-order chi connectivity index (χ0) is 18.2. The second-order valence-electron chi connectivity index (χ2n) is 6.58. The molecule has 5 nitrogen and oxygen atoms in total. The van der Waals surface area contributed by atoms with Crippen molar-refractivity contribution in [1.82, 2.24) is 15.2 Å². The van der Waals surface area contributed by atoms with E-state index in [0.717, 1.165) is 19.6 Å². The third-order valence-corrected chi connectivity index (χ3v) is 4.82. The van der Waals surface area contributed by atoms with Gasteiger partial charge in [0.15, 0.2) is 0 Å². The second kappa shape index (κ2) is 9.34. The van der Waals surface area contributed by atoms with Crippen LogP contribution in [0.4, 0.5) is 0 Å². The highest BCUT2D eigenvalue weighted by Gasteiger charge is 2.20. The third kappa shape index (κ3) is 5.05. The lowest BCUT2D eigenvalue weighted by Gasteiger charge is -2.32. The molecular weight excluding hydrogens is 326 g/mol. The third-order valence-electron chi connectivity index (χ3n) is 4.82. The van der Waals surface area contributed by atoms with Crippen molar-refractivity contribution < 1.29 is 9.53 Å². The first-order valence-corrected chi connectivity index (χ1v) is 9.41. The highest BCUT2D eigenvalue weighted by molar-refractivity contribution is 5.92. The van der Waals surface area contributed by atoms with Crippen LogP contribution >= 0.6 is 0 Å². The summed E-state index contributed by atoms with van der Waals surface area (Å²) in [6.07, 6.45) is 2.35. The molecule has 1 aromatic carbocycles. The number of carbonyl (C=O) groups excluding carboxylic acids is 1. The highest BCUT2D eigenvalue weighted by Crippen LogP contribution is 2.27. The first kappa shape index (κ1) is 18.4. The predicted octanol–water partition coefficient (Wildman–Crippen LogP) is 3.09. The molecule has 138 valence electrons. The molecule has 26 heavy (non-hydrogen) atoms. The maximum atomic E-state index is 12.2. The van der Waals surface area contributed by atoms with Crippen molar-refractivity contribution >= 4 is 5.91 Å². The molecule has 3 rings (SSSR count). The summed E-state index contributed by atoms with van der Waals surface area (Å²) in [6, 6.07) is 16.0. The van der Waals surface area contributed by atoms with Crippen molar-refractivity contribution in [3.05, 3.63) is 59.8 Å². The predicted molar refractivity (Wildman–Crippen MR) is 103 cm³/mol. The summed E-state index contributed by atoms with van der Waals surface area (Å²) in [5, 5.41) is 2.96. The van der Waals surface area contributed by atoms with Crippen LogP contribution in [0, 0.1) is 0 Å². The zero-order valence-corrected chi connectivity index (χ0v) is 15.4. The second-order valence-corrected chi connectivity index (χ2v) is 6.58. The van der Waals surface area contributed by atoms with E-state index in [-0.39, 0.29) is 5.91 Å². The van der Waals surface area contributed by atoms with Crippen molar-refractivity contribution in [2.45, 2.75) is 25.7 Å². The number of ether oxygens (including phenoxy) is 1. The Morgan fingerprint density at radius 2 is 1.92 bits per heavy atom. The molecule has 2 heterocycles. The van der Waals surface area contributed by atoms with Crippen LogP contribution in [-0.4, -0.2) is 48.6 Å². The molecule has 1 aromatic heterocycles. The van der Waals surface area contributed by atoms with Gasteiger partial charge in [0, 0.05) is 19.2 Å². The maximum Gasteiger partial charge on any atom is 0.270 e. The number of nitrogens with one attached hydrogen (secondary N) is 1. The van der Waals surface area contributed by atoms with Crippen LogP contribution in [0.1, 0.15) is 41.7 Å². The molecule has 1 N–H and O–H groups in total. The van der Waals surface area contributed by atoms with Gasteiger partial charge in [0.1, 0.15) is 5.69 Å². The standard InChI is InChI=1S/C21H27N3O2/c1-2-26-20-10-6-9-19(23-20)21(25)22-13-16-24-14-11-18(12-15-24)17-7-4-3-5-8-17/h3-10,18H,2,11-16H2,1H3,(H,22,25). The summed E-state index contributed by atoms with van der Waals surface area (Å²) in [5.74, 6) is 1.00. The lowest BCUT2D eigenvalue weighted by molar-refractivity contribution is 0.0939. The molecule has 1 fully saturated rings. The molecule has 0 aliphatic carbocycles. The summed E-state index contributed by atoms with van der Waals surface area (Å²) in [7, 11) is 0. The van der Waals surface area contributed by atoms with Gasteiger partial charge in [-0.3, -0.25) is 4.79 Å². The number of hydrogen-bond donors (Lipinski definition) is 1. The van der Waals surface area contributed by atoms with Gasteiger partial charge in [-0.05, 0) is 50.4 Å². The maximum absolute atomic E-state index is 12.2. The van der Waals surface area contributed by atoms with Crippen LogP contribution in [0.25, 0.3) is 0 Å². The largest absolute Gasteiger partial charge is 0.478 e. The summed E-state index contributed by atoms with van der Waals surface area (Å²) in [4.78, 5) is 18.9. The molecule has 2 aromatic rings. The molecule has 1 saturated heterocycles. The van der Waals surface area contributed by atoms with Gasteiger partial charge in [-0.15, -0.1) is 0 Å². The summed E-state index contributed by atoms with van der Waals surface area (Å²) >= 11 is 0. The van der Waals surface area contributed by atoms with Crippen molar-refractivity contribution in [2.75, 3.05) is 32.8 Å². The van der Waals surface area contributed by atoms with Crippen LogP contribution in [0.15, 0.2) is 48.5 Å². The molecule has 5 heteroatoms. The van der Waals surface area contributed by atoms with E-state index >= 15 is 0 Å². The van der Waals surface area contributed by atoms with E-state index in [0.29, 0.717) is 30.6 Å². The van der Waals surface area contributed by atoms with Gasteiger partial charge in [-0.25, -0.2) is 4.98 Å². The van der Waals surface area contributed by atoms with E-state index in [1.165, 1.54) is 18.4 Å². The van der Waals surface area contributed by atoms with Crippen molar-refractivity contribution in [3.8, 4) is 5.88 Å². The molecule has 1 aliphatic rings. The Balaban J connectivity index is 1.40. The first-order chi connectivity index (χ1) is 12.8. The first-order valence-electron chi connectivity index (χ1n) is 9.41. The molecule has 0 spiro atoms. The van der Waals surface area contributed by atoms with Gasteiger partial charge in [0.05, 0.1) is 6.61 Å². The van der Waals surface area contributed by atoms with Crippen LogP contribution in [0.3, 0.4) is 0 Å². The Bertz CT molecular complexity index is 697. The Labute approximate surface area is 155 Å². The van der Waals surface area contributed by atoms with E-state index in [4.69, 9.17) is 4.74 Å². The number of aromatic nitrogens is 1. The van der Waals surface area contributed by atoms with E-state index in [1.807, 2.05) is 6.92 Å². The molecule has 0 unspecified atom stereocenters. The number of likely N-dealkylation sites (tertiary alicyclic amines) is 1. The fraction of sp³-hybridized carbons (Fsp3) is 0.429. The van der Waals surface area contributed by atoms with Gasteiger partial charge in [-0.1, -0.05) is 36.4 Å².